The van der Waals surface area contributed by atoms with Gasteiger partial charge in [-0.05, 0) is 42.7 Å². The third-order valence-electron chi connectivity index (χ3n) is 4.48. The predicted molar refractivity (Wildman–Crippen MR) is 77.6 cm³/mol. The number of aliphatic hydroxyl groups is 2. The second-order valence-electron chi connectivity index (χ2n) is 5.95. The molecular weight excluding hydrogens is 307 g/mol. The molecule has 0 amide bonds. The number of hydrogen-bond donors (Lipinski definition) is 2. The van der Waals surface area contributed by atoms with E-state index in [4.69, 9.17) is 0 Å². The lowest BCUT2D eigenvalue weighted by Crippen LogP contribution is -2.49. The molecule has 0 radical (unpaired) electrons. The summed E-state index contributed by atoms with van der Waals surface area (Å²) in [5.74, 6) is 0. The molecule has 1 aliphatic rings. The standard InChI is InChI=1S/C17H16F3NO2/c18-17(19,20)12-6-4-11(5-7-12)16(9-13(22)10-16)15(23)14-3-1-2-8-21-14/h1-8,13,15,22-23H,9-10H2. The van der Waals surface area contributed by atoms with Gasteiger partial charge in [-0.25, -0.2) is 0 Å². The minimum absolute atomic E-state index is 0.288. The van der Waals surface area contributed by atoms with E-state index in [1.165, 1.54) is 12.1 Å². The van der Waals surface area contributed by atoms with Gasteiger partial charge in [-0.3, -0.25) is 4.98 Å². The fraction of sp³-hybridized carbons (Fsp3) is 0.353. The minimum atomic E-state index is -4.40. The molecule has 23 heavy (non-hydrogen) atoms. The molecule has 122 valence electrons. The summed E-state index contributed by atoms with van der Waals surface area (Å²) in [4.78, 5) is 4.12. The molecule has 1 aromatic heterocycles. The van der Waals surface area contributed by atoms with Crippen molar-refractivity contribution in [3.05, 3.63) is 65.5 Å². The molecule has 1 aliphatic carbocycles. The van der Waals surface area contributed by atoms with Gasteiger partial charge in [0, 0.05) is 11.6 Å². The lowest BCUT2D eigenvalue weighted by molar-refractivity contribution is -0.137. The number of rotatable bonds is 3. The maximum Gasteiger partial charge on any atom is 0.416 e. The largest absolute Gasteiger partial charge is 0.416 e. The molecule has 0 bridgehead atoms. The minimum Gasteiger partial charge on any atom is -0.393 e. The van der Waals surface area contributed by atoms with E-state index in [1.54, 1.807) is 24.4 Å². The zero-order valence-corrected chi connectivity index (χ0v) is 12.2. The number of hydrogen-bond acceptors (Lipinski definition) is 3. The molecular formula is C17H16F3NO2. The van der Waals surface area contributed by atoms with Crippen molar-refractivity contribution in [1.29, 1.82) is 0 Å². The lowest BCUT2D eigenvalue weighted by atomic mass is 9.59. The molecule has 3 nitrogen and oxygen atoms in total. The summed E-state index contributed by atoms with van der Waals surface area (Å²) in [5, 5.41) is 20.4. The van der Waals surface area contributed by atoms with Gasteiger partial charge in [-0.2, -0.15) is 13.2 Å². The number of aliphatic hydroxyl groups excluding tert-OH is 2. The van der Waals surface area contributed by atoms with Gasteiger partial charge >= 0.3 is 6.18 Å². The van der Waals surface area contributed by atoms with Gasteiger partial charge in [0.1, 0.15) is 6.10 Å². The third kappa shape index (κ3) is 2.84. The molecule has 2 aromatic rings. The van der Waals surface area contributed by atoms with E-state index in [9.17, 15) is 23.4 Å². The van der Waals surface area contributed by atoms with E-state index in [0.717, 1.165) is 12.1 Å². The highest BCUT2D eigenvalue weighted by atomic mass is 19.4. The number of aromatic nitrogens is 1. The molecule has 0 saturated heterocycles. The van der Waals surface area contributed by atoms with E-state index in [-0.39, 0.29) is 12.8 Å². The first-order chi connectivity index (χ1) is 10.8. The van der Waals surface area contributed by atoms with Crippen molar-refractivity contribution in [1.82, 2.24) is 4.98 Å². The van der Waals surface area contributed by atoms with Crippen molar-refractivity contribution < 1.29 is 23.4 Å². The monoisotopic (exact) mass is 323 g/mol. The topological polar surface area (TPSA) is 53.4 Å². The average molecular weight is 323 g/mol. The Morgan fingerprint density at radius 3 is 2.22 bits per heavy atom. The van der Waals surface area contributed by atoms with Crippen LogP contribution in [0.4, 0.5) is 13.2 Å². The molecule has 3 rings (SSSR count). The molecule has 0 aliphatic heterocycles. The van der Waals surface area contributed by atoms with Crippen molar-refractivity contribution in [3.63, 3.8) is 0 Å². The number of pyridine rings is 1. The van der Waals surface area contributed by atoms with Crippen LogP contribution in [0.25, 0.3) is 0 Å². The van der Waals surface area contributed by atoms with Gasteiger partial charge in [-0.15, -0.1) is 0 Å². The second kappa shape index (κ2) is 5.62. The Morgan fingerprint density at radius 2 is 1.74 bits per heavy atom. The van der Waals surface area contributed by atoms with E-state index < -0.39 is 29.4 Å². The van der Waals surface area contributed by atoms with Gasteiger partial charge in [0.2, 0.25) is 0 Å². The lowest BCUT2D eigenvalue weighted by Gasteiger charge is -2.48. The highest BCUT2D eigenvalue weighted by Gasteiger charge is 2.51. The number of benzene rings is 1. The Labute approximate surface area is 131 Å². The van der Waals surface area contributed by atoms with Crippen LogP contribution < -0.4 is 0 Å². The van der Waals surface area contributed by atoms with Crippen molar-refractivity contribution in [2.24, 2.45) is 0 Å². The van der Waals surface area contributed by atoms with Gasteiger partial charge in [-0.1, -0.05) is 18.2 Å². The van der Waals surface area contributed by atoms with E-state index in [2.05, 4.69) is 4.98 Å². The highest BCUT2D eigenvalue weighted by Crippen LogP contribution is 2.52. The van der Waals surface area contributed by atoms with Crippen LogP contribution >= 0.6 is 0 Å². The zero-order valence-electron chi connectivity index (χ0n) is 12.2. The van der Waals surface area contributed by atoms with Crippen LogP contribution in [-0.4, -0.2) is 21.3 Å². The van der Waals surface area contributed by atoms with E-state index in [1.807, 2.05) is 0 Å². The summed E-state index contributed by atoms with van der Waals surface area (Å²) >= 11 is 0. The van der Waals surface area contributed by atoms with Gasteiger partial charge in [0.25, 0.3) is 0 Å². The number of nitrogens with zero attached hydrogens (tertiary/aromatic N) is 1. The van der Waals surface area contributed by atoms with Crippen molar-refractivity contribution >= 4 is 0 Å². The highest BCUT2D eigenvalue weighted by molar-refractivity contribution is 5.36. The summed E-state index contributed by atoms with van der Waals surface area (Å²) in [7, 11) is 0. The Balaban J connectivity index is 1.95. The van der Waals surface area contributed by atoms with Crippen LogP contribution in [-0.2, 0) is 11.6 Å². The van der Waals surface area contributed by atoms with Crippen molar-refractivity contribution in [2.45, 2.75) is 36.6 Å². The molecule has 0 spiro atoms. The Bertz CT molecular complexity index is 664. The van der Waals surface area contributed by atoms with Crippen LogP contribution in [0.5, 0.6) is 0 Å². The Hall–Kier alpha value is -1.92. The average Bonchev–Trinajstić information content (AvgIpc) is 2.51. The fourth-order valence-corrected chi connectivity index (χ4v) is 3.21. The summed E-state index contributed by atoms with van der Waals surface area (Å²) in [6, 6.07) is 9.89. The van der Waals surface area contributed by atoms with E-state index in [0.29, 0.717) is 11.3 Å². The zero-order chi connectivity index (χ0) is 16.7. The van der Waals surface area contributed by atoms with Crippen molar-refractivity contribution in [3.8, 4) is 0 Å². The molecule has 1 unspecified atom stereocenters. The normalized spacial score (nSPS) is 25.7. The van der Waals surface area contributed by atoms with Gasteiger partial charge in [0.15, 0.2) is 0 Å². The van der Waals surface area contributed by atoms with Crippen LogP contribution in [0.1, 0.15) is 35.8 Å². The maximum atomic E-state index is 12.7. The number of alkyl halides is 3. The molecule has 1 aromatic carbocycles. The smallest absolute Gasteiger partial charge is 0.393 e. The SMILES string of the molecule is OC1CC(c2ccc(C(F)(F)F)cc2)(C(O)c2ccccn2)C1. The summed E-state index contributed by atoms with van der Waals surface area (Å²) in [5.41, 5.74) is -0.519. The molecule has 1 heterocycles. The maximum absolute atomic E-state index is 12.7. The summed E-state index contributed by atoms with van der Waals surface area (Å²) in [6.45, 7) is 0. The summed E-state index contributed by atoms with van der Waals surface area (Å²) < 4.78 is 38.1. The van der Waals surface area contributed by atoms with Gasteiger partial charge in [0.05, 0.1) is 17.4 Å². The second-order valence-corrected chi connectivity index (χ2v) is 5.95. The fourth-order valence-electron chi connectivity index (χ4n) is 3.21. The third-order valence-corrected chi connectivity index (χ3v) is 4.48. The van der Waals surface area contributed by atoms with Crippen LogP contribution in [0.2, 0.25) is 0 Å². The first-order valence-electron chi connectivity index (χ1n) is 7.28. The Kier molecular flexibility index (Phi) is 3.90. The van der Waals surface area contributed by atoms with Crippen LogP contribution in [0.3, 0.4) is 0 Å². The van der Waals surface area contributed by atoms with Crippen LogP contribution in [0, 0.1) is 0 Å². The molecule has 1 saturated carbocycles. The molecule has 1 atom stereocenters. The summed E-state index contributed by atoms with van der Waals surface area (Å²) in [6.07, 6.45) is -3.83. The Morgan fingerprint density at radius 1 is 1.09 bits per heavy atom. The molecule has 1 fully saturated rings. The predicted octanol–water partition coefficient (Wildman–Crippen LogP) is 3.23. The number of halogens is 3. The first kappa shape index (κ1) is 16.0. The first-order valence-corrected chi connectivity index (χ1v) is 7.28. The molecule has 6 heteroatoms. The van der Waals surface area contributed by atoms with Crippen molar-refractivity contribution in [2.75, 3.05) is 0 Å². The molecule has 2 N–H and O–H groups in total. The quantitative estimate of drug-likeness (QED) is 0.912. The van der Waals surface area contributed by atoms with Crippen LogP contribution in [0.15, 0.2) is 48.7 Å². The van der Waals surface area contributed by atoms with Gasteiger partial charge < -0.3 is 10.2 Å². The van der Waals surface area contributed by atoms with E-state index >= 15 is 0 Å².